The van der Waals surface area contributed by atoms with Crippen LogP contribution in [0.2, 0.25) is 10.0 Å². The molecule has 3 rings (SSSR count). The second kappa shape index (κ2) is 9.94. The number of sulfonamides is 1. The highest BCUT2D eigenvalue weighted by molar-refractivity contribution is 7.92. The van der Waals surface area contributed by atoms with E-state index in [4.69, 9.17) is 23.2 Å². The van der Waals surface area contributed by atoms with Crippen LogP contribution in [0.4, 0.5) is 5.69 Å². The lowest BCUT2D eigenvalue weighted by molar-refractivity contribution is 0.0940. The third kappa shape index (κ3) is 5.82. The maximum absolute atomic E-state index is 12.6. The summed E-state index contributed by atoms with van der Waals surface area (Å²) in [4.78, 5) is 12.6. The van der Waals surface area contributed by atoms with Crippen molar-refractivity contribution in [2.45, 2.75) is 26.4 Å². The molecule has 3 aromatic carbocycles. The maximum Gasteiger partial charge on any atom is 0.251 e. The number of hydrogen-bond donors (Lipinski definition) is 1. The molecule has 0 bridgehead atoms. The molecular weight excluding hydrogens is 467 g/mol. The van der Waals surface area contributed by atoms with E-state index in [0.717, 1.165) is 17.4 Å². The molecule has 0 aliphatic carbocycles. The predicted octanol–water partition coefficient (Wildman–Crippen LogP) is 5.76. The van der Waals surface area contributed by atoms with Crippen LogP contribution in [0.5, 0.6) is 0 Å². The van der Waals surface area contributed by atoms with Gasteiger partial charge in [0.15, 0.2) is 0 Å². The zero-order chi connectivity index (χ0) is 23.5. The van der Waals surface area contributed by atoms with E-state index < -0.39 is 10.0 Å². The van der Waals surface area contributed by atoms with E-state index >= 15 is 0 Å². The number of anilines is 1. The molecule has 0 fully saturated rings. The van der Waals surface area contributed by atoms with E-state index in [1.165, 1.54) is 4.31 Å². The molecule has 168 valence electrons. The summed E-state index contributed by atoms with van der Waals surface area (Å²) in [6, 6.07) is 19.5. The van der Waals surface area contributed by atoms with Crippen molar-refractivity contribution in [1.82, 2.24) is 5.32 Å². The van der Waals surface area contributed by atoms with E-state index in [9.17, 15) is 13.2 Å². The van der Waals surface area contributed by atoms with Crippen molar-refractivity contribution in [1.29, 1.82) is 0 Å². The van der Waals surface area contributed by atoms with Crippen LogP contribution in [0.1, 0.15) is 40.0 Å². The second-order valence-corrected chi connectivity index (χ2v) is 10.3. The maximum atomic E-state index is 12.6. The lowest BCUT2D eigenvalue weighted by Gasteiger charge is -2.24. The minimum absolute atomic E-state index is 0.0561. The first kappa shape index (κ1) is 24.1. The first-order chi connectivity index (χ1) is 15.1. The molecule has 5 nitrogen and oxygen atoms in total. The van der Waals surface area contributed by atoms with E-state index in [0.29, 0.717) is 16.8 Å². The zero-order valence-electron chi connectivity index (χ0n) is 18.0. The Morgan fingerprint density at radius 3 is 2.22 bits per heavy atom. The summed E-state index contributed by atoms with van der Waals surface area (Å²) >= 11 is 12.3. The van der Waals surface area contributed by atoms with Gasteiger partial charge in [-0.2, -0.15) is 0 Å². The molecule has 0 radical (unpaired) electrons. The molecule has 32 heavy (non-hydrogen) atoms. The number of rotatable bonds is 7. The fraction of sp³-hybridized carbons (Fsp3) is 0.208. The van der Waals surface area contributed by atoms with Gasteiger partial charge < -0.3 is 5.32 Å². The first-order valence-corrected chi connectivity index (χ1v) is 12.5. The van der Waals surface area contributed by atoms with Gasteiger partial charge in [0, 0.05) is 5.56 Å². The van der Waals surface area contributed by atoms with Crippen LogP contribution < -0.4 is 9.62 Å². The van der Waals surface area contributed by atoms with Crippen LogP contribution in [0.25, 0.3) is 0 Å². The topological polar surface area (TPSA) is 66.5 Å². The fourth-order valence-electron chi connectivity index (χ4n) is 3.21. The van der Waals surface area contributed by atoms with Gasteiger partial charge in [0.1, 0.15) is 0 Å². The van der Waals surface area contributed by atoms with Crippen molar-refractivity contribution in [2.24, 2.45) is 0 Å². The molecule has 0 heterocycles. The molecule has 0 saturated carbocycles. The number of benzene rings is 3. The summed E-state index contributed by atoms with van der Waals surface area (Å²) < 4.78 is 26.0. The number of amides is 1. The van der Waals surface area contributed by atoms with Crippen molar-refractivity contribution in [3.05, 3.63) is 99.0 Å². The fourth-order valence-corrected chi connectivity index (χ4v) is 4.55. The van der Waals surface area contributed by atoms with Gasteiger partial charge in [0.25, 0.3) is 5.91 Å². The summed E-state index contributed by atoms with van der Waals surface area (Å²) in [5, 5.41) is 3.42. The largest absolute Gasteiger partial charge is 0.346 e. The van der Waals surface area contributed by atoms with Crippen molar-refractivity contribution < 1.29 is 13.2 Å². The molecule has 0 saturated heterocycles. The van der Waals surface area contributed by atoms with Crippen molar-refractivity contribution in [3.63, 3.8) is 0 Å². The van der Waals surface area contributed by atoms with Crippen LogP contribution in [0, 0.1) is 6.92 Å². The standard InChI is InChI=1S/C24H24Cl2N2O3S/c1-16-7-11-19(12-8-16)17(2)27-24(29)20-13-9-18(10-14-20)15-28(32(3,30)31)22-6-4-5-21(25)23(22)26/h4-14,17H,15H2,1-3H3,(H,27,29). The Kier molecular flexibility index (Phi) is 7.49. The number of nitrogens with one attached hydrogen (secondary N) is 1. The Labute approximate surface area is 199 Å². The summed E-state index contributed by atoms with van der Waals surface area (Å²) in [7, 11) is -3.62. The molecule has 0 aliphatic rings. The molecule has 1 amide bonds. The molecule has 0 spiro atoms. The molecule has 1 unspecified atom stereocenters. The summed E-state index contributed by atoms with van der Waals surface area (Å²) in [5.41, 5.74) is 3.66. The summed E-state index contributed by atoms with van der Waals surface area (Å²) in [6.07, 6.45) is 1.11. The molecule has 0 aliphatic heterocycles. The average molecular weight is 491 g/mol. The average Bonchev–Trinajstić information content (AvgIpc) is 2.74. The minimum Gasteiger partial charge on any atom is -0.346 e. The number of carbonyl (C=O) groups excluding carboxylic acids is 1. The normalized spacial score (nSPS) is 12.3. The molecule has 1 atom stereocenters. The van der Waals surface area contributed by atoms with Gasteiger partial charge in [-0.25, -0.2) is 8.42 Å². The lowest BCUT2D eigenvalue weighted by Crippen LogP contribution is -2.29. The first-order valence-electron chi connectivity index (χ1n) is 9.94. The highest BCUT2D eigenvalue weighted by Gasteiger charge is 2.22. The van der Waals surface area contributed by atoms with Crippen LogP contribution >= 0.6 is 23.2 Å². The number of aryl methyl sites for hydroxylation is 1. The van der Waals surface area contributed by atoms with Crippen molar-refractivity contribution in [2.75, 3.05) is 10.6 Å². The van der Waals surface area contributed by atoms with E-state index in [1.807, 2.05) is 38.1 Å². The van der Waals surface area contributed by atoms with Crippen molar-refractivity contribution >= 4 is 44.8 Å². The zero-order valence-corrected chi connectivity index (χ0v) is 20.3. The smallest absolute Gasteiger partial charge is 0.251 e. The van der Waals surface area contributed by atoms with Gasteiger partial charge in [0.2, 0.25) is 10.0 Å². The van der Waals surface area contributed by atoms with Gasteiger partial charge in [-0.15, -0.1) is 0 Å². The van der Waals surface area contributed by atoms with Gasteiger partial charge >= 0.3 is 0 Å². The Morgan fingerprint density at radius 2 is 1.62 bits per heavy atom. The summed E-state index contributed by atoms with van der Waals surface area (Å²) in [5.74, 6) is -0.206. The van der Waals surface area contributed by atoms with Crippen LogP contribution in [0.3, 0.4) is 0 Å². The predicted molar refractivity (Wildman–Crippen MR) is 131 cm³/mol. The van der Waals surface area contributed by atoms with Crippen LogP contribution in [-0.4, -0.2) is 20.6 Å². The van der Waals surface area contributed by atoms with Gasteiger partial charge in [-0.05, 0) is 49.2 Å². The van der Waals surface area contributed by atoms with E-state index in [1.54, 1.807) is 42.5 Å². The van der Waals surface area contributed by atoms with Crippen molar-refractivity contribution in [3.8, 4) is 0 Å². The van der Waals surface area contributed by atoms with Crippen LogP contribution in [0.15, 0.2) is 66.7 Å². The third-order valence-corrected chi connectivity index (χ3v) is 7.00. The molecule has 1 N–H and O–H groups in total. The Hall–Kier alpha value is -2.54. The highest BCUT2D eigenvalue weighted by atomic mass is 35.5. The second-order valence-electron chi connectivity index (χ2n) is 7.65. The Bertz CT molecular complexity index is 1210. The third-order valence-electron chi connectivity index (χ3n) is 5.07. The molecule has 0 aromatic heterocycles. The van der Waals surface area contributed by atoms with Crippen LogP contribution in [-0.2, 0) is 16.6 Å². The van der Waals surface area contributed by atoms with Gasteiger partial charge in [-0.1, -0.05) is 71.2 Å². The Morgan fingerprint density at radius 1 is 1.00 bits per heavy atom. The SMILES string of the molecule is Cc1ccc(C(C)NC(=O)c2ccc(CN(c3cccc(Cl)c3Cl)S(C)(=O)=O)cc2)cc1. The Balaban J connectivity index is 1.75. The number of halogens is 2. The van der Waals surface area contributed by atoms with E-state index in [-0.39, 0.29) is 28.5 Å². The number of carbonyl (C=O) groups is 1. The lowest BCUT2D eigenvalue weighted by atomic mass is 10.1. The highest BCUT2D eigenvalue weighted by Crippen LogP contribution is 2.34. The summed E-state index contributed by atoms with van der Waals surface area (Å²) in [6.45, 7) is 4.00. The quantitative estimate of drug-likeness (QED) is 0.457. The molecular formula is C24H24Cl2N2O3S. The van der Waals surface area contributed by atoms with Gasteiger partial charge in [-0.3, -0.25) is 9.10 Å². The van der Waals surface area contributed by atoms with E-state index in [2.05, 4.69) is 5.32 Å². The molecule has 8 heteroatoms. The van der Waals surface area contributed by atoms with Gasteiger partial charge in [0.05, 0.1) is 34.6 Å². The molecule has 3 aromatic rings. The number of nitrogens with zero attached hydrogens (tertiary/aromatic N) is 1. The monoisotopic (exact) mass is 490 g/mol. The number of hydrogen-bond acceptors (Lipinski definition) is 3. The minimum atomic E-state index is -3.62.